The Labute approximate surface area is 84.6 Å². The molecule has 2 N–H and O–H groups in total. The van der Waals surface area contributed by atoms with Gasteiger partial charge in [0.1, 0.15) is 0 Å². The summed E-state index contributed by atoms with van der Waals surface area (Å²) in [5.74, 6) is -0.0211. The number of rotatable bonds is 6. The second kappa shape index (κ2) is 5.32. The van der Waals surface area contributed by atoms with Crippen molar-refractivity contribution in [1.82, 2.24) is 5.32 Å². The minimum Gasteiger partial charge on any atom is -0.394 e. The largest absolute Gasteiger partial charge is 0.394 e. The third-order valence-corrected chi connectivity index (χ3v) is 2.70. The third kappa shape index (κ3) is 2.96. The monoisotopic (exact) mass is 201 g/mol. The van der Waals surface area contributed by atoms with Crippen LogP contribution in [0.15, 0.2) is 0 Å². The van der Waals surface area contributed by atoms with Gasteiger partial charge in [-0.3, -0.25) is 4.79 Å². The Morgan fingerprint density at radius 1 is 1.57 bits per heavy atom. The smallest absolute Gasteiger partial charge is 0.222 e. The molecule has 0 heterocycles. The van der Waals surface area contributed by atoms with Crippen molar-refractivity contribution in [3.8, 4) is 0 Å². The van der Waals surface area contributed by atoms with Gasteiger partial charge in [0.05, 0.1) is 18.8 Å². The van der Waals surface area contributed by atoms with Crippen LogP contribution in [0, 0.1) is 0 Å². The molecule has 4 nitrogen and oxygen atoms in total. The topological polar surface area (TPSA) is 58.6 Å². The van der Waals surface area contributed by atoms with Crippen LogP contribution in [0.5, 0.6) is 0 Å². The Bertz CT molecular complexity index is 184. The molecule has 4 heteroatoms. The minimum absolute atomic E-state index is 0.0211. The highest BCUT2D eigenvalue weighted by atomic mass is 16.5. The zero-order valence-electron chi connectivity index (χ0n) is 8.71. The molecule has 14 heavy (non-hydrogen) atoms. The van der Waals surface area contributed by atoms with E-state index in [1.165, 1.54) is 0 Å². The molecule has 0 aromatic carbocycles. The summed E-state index contributed by atoms with van der Waals surface area (Å²) in [4.78, 5) is 11.4. The standard InChI is InChI=1S/C10H19NO3/c1-2-14-7-4-9(13)11-10(8-12)5-3-6-10/h12H,2-8H2,1H3,(H,11,13). The molecule has 1 fully saturated rings. The van der Waals surface area contributed by atoms with Gasteiger partial charge >= 0.3 is 0 Å². The van der Waals surface area contributed by atoms with E-state index in [-0.39, 0.29) is 18.1 Å². The van der Waals surface area contributed by atoms with Crippen LogP contribution >= 0.6 is 0 Å². The molecule has 0 unspecified atom stereocenters. The fourth-order valence-corrected chi connectivity index (χ4v) is 1.59. The Hall–Kier alpha value is -0.610. The molecule has 0 radical (unpaired) electrons. The molecule has 82 valence electrons. The summed E-state index contributed by atoms with van der Waals surface area (Å²) >= 11 is 0. The van der Waals surface area contributed by atoms with Crippen LogP contribution in [0.2, 0.25) is 0 Å². The first-order chi connectivity index (χ1) is 6.72. The molecular weight excluding hydrogens is 182 g/mol. The summed E-state index contributed by atoms with van der Waals surface area (Å²) in [7, 11) is 0. The maximum atomic E-state index is 11.4. The van der Waals surface area contributed by atoms with Gasteiger partial charge in [0.2, 0.25) is 5.91 Å². The highest BCUT2D eigenvalue weighted by Gasteiger charge is 2.37. The number of aliphatic hydroxyl groups excluding tert-OH is 1. The number of ether oxygens (including phenoxy) is 1. The number of aliphatic hydroxyl groups is 1. The lowest BCUT2D eigenvalue weighted by Gasteiger charge is -2.40. The molecule has 0 aromatic heterocycles. The number of carbonyl (C=O) groups excluding carboxylic acids is 1. The molecule has 1 aliphatic carbocycles. The number of amides is 1. The van der Waals surface area contributed by atoms with E-state index in [9.17, 15) is 4.79 Å². The van der Waals surface area contributed by atoms with Crippen LogP contribution in [0.25, 0.3) is 0 Å². The Morgan fingerprint density at radius 2 is 2.29 bits per heavy atom. The summed E-state index contributed by atoms with van der Waals surface area (Å²) in [6.07, 6.45) is 3.26. The van der Waals surface area contributed by atoms with E-state index < -0.39 is 0 Å². The molecular formula is C10H19NO3. The zero-order valence-corrected chi connectivity index (χ0v) is 8.71. The lowest BCUT2D eigenvalue weighted by atomic mass is 9.77. The van der Waals surface area contributed by atoms with Crippen molar-refractivity contribution in [1.29, 1.82) is 0 Å². The number of carbonyl (C=O) groups is 1. The van der Waals surface area contributed by atoms with Crippen molar-refractivity contribution >= 4 is 5.91 Å². The quantitative estimate of drug-likeness (QED) is 0.613. The second-order valence-electron chi connectivity index (χ2n) is 3.79. The normalized spacial score (nSPS) is 18.7. The summed E-state index contributed by atoms with van der Waals surface area (Å²) in [5, 5.41) is 12.0. The Kier molecular flexibility index (Phi) is 4.35. The molecule has 1 saturated carbocycles. The van der Waals surface area contributed by atoms with Crippen LogP contribution in [0.1, 0.15) is 32.6 Å². The lowest BCUT2D eigenvalue weighted by Crippen LogP contribution is -2.56. The predicted molar refractivity (Wildman–Crippen MR) is 52.9 cm³/mol. The van der Waals surface area contributed by atoms with Crippen LogP contribution in [0.3, 0.4) is 0 Å². The molecule has 1 amide bonds. The number of nitrogens with one attached hydrogen (secondary N) is 1. The zero-order chi connectivity index (χ0) is 10.4. The molecule has 0 bridgehead atoms. The Balaban J connectivity index is 2.18. The van der Waals surface area contributed by atoms with Crippen molar-refractivity contribution in [2.75, 3.05) is 19.8 Å². The average molecular weight is 201 g/mol. The molecule has 0 saturated heterocycles. The van der Waals surface area contributed by atoms with Gasteiger partial charge in [-0.2, -0.15) is 0 Å². The predicted octanol–water partition coefficient (Wildman–Crippen LogP) is 0.444. The summed E-state index contributed by atoms with van der Waals surface area (Å²) in [6.45, 7) is 3.05. The van der Waals surface area contributed by atoms with E-state index in [1.807, 2.05) is 6.92 Å². The minimum atomic E-state index is -0.316. The van der Waals surface area contributed by atoms with Crippen molar-refractivity contribution in [3.05, 3.63) is 0 Å². The fourth-order valence-electron chi connectivity index (χ4n) is 1.59. The number of hydrogen-bond acceptors (Lipinski definition) is 3. The van der Waals surface area contributed by atoms with E-state index in [0.29, 0.717) is 19.6 Å². The highest BCUT2D eigenvalue weighted by molar-refractivity contribution is 5.77. The van der Waals surface area contributed by atoms with Gasteiger partial charge in [-0.25, -0.2) is 0 Å². The maximum Gasteiger partial charge on any atom is 0.222 e. The van der Waals surface area contributed by atoms with Gasteiger partial charge in [-0.15, -0.1) is 0 Å². The van der Waals surface area contributed by atoms with Gasteiger partial charge in [-0.1, -0.05) is 0 Å². The molecule has 0 atom stereocenters. The first kappa shape index (κ1) is 11.5. The molecule has 0 aromatic rings. The Morgan fingerprint density at radius 3 is 2.71 bits per heavy atom. The number of hydrogen-bond donors (Lipinski definition) is 2. The SMILES string of the molecule is CCOCCC(=O)NC1(CO)CCC1. The molecule has 1 aliphatic rings. The van der Waals surface area contributed by atoms with E-state index in [1.54, 1.807) is 0 Å². The second-order valence-corrected chi connectivity index (χ2v) is 3.79. The maximum absolute atomic E-state index is 11.4. The van der Waals surface area contributed by atoms with Gasteiger partial charge in [0, 0.05) is 13.0 Å². The van der Waals surface area contributed by atoms with E-state index in [2.05, 4.69) is 5.32 Å². The summed E-state index contributed by atoms with van der Waals surface area (Å²) < 4.78 is 5.08. The van der Waals surface area contributed by atoms with Crippen LogP contribution < -0.4 is 5.32 Å². The first-order valence-electron chi connectivity index (χ1n) is 5.22. The van der Waals surface area contributed by atoms with E-state index in [0.717, 1.165) is 19.3 Å². The fraction of sp³-hybridized carbons (Fsp3) is 0.900. The van der Waals surface area contributed by atoms with Gasteiger partial charge < -0.3 is 15.2 Å². The van der Waals surface area contributed by atoms with Crippen LogP contribution in [-0.2, 0) is 9.53 Å². The van der Waals surface area contributed by atoms with Gasteiger partial charge in [-0.05, 0) is 26.2 Å². The average Bonchev–Trinajstić information content (AvgIpc) is 2.12. The van der Waals surface area contributed by atoms with E-state index in [4.69, 9.17) is 9.84 Å². The molecule has 0 aliphatic heterocycles. The van der Waals surface area contributed by atoms with Crippen LogP contribution in [0.4, 0.5) is 0 Å². The van der Waals surface area contributed by atoms with Crippen LogP contribution in [-0.4, -0.2) is 36.4 Å². The van der Waals surface area contributed by atoms with Crippen molar-refractivity contribution in [2.24, 2.45) is 0 Å². The highest BCUT2D eigenvalue weighted by Crippen LogP contribution is 2.31. The van der Waals surface area contributed by atoms with Crippen molar-refractivity contribution in [3.63, 3.8) is 0 Å². The summed E-state index contributed by atoms with van der Waals surface area (Å²) in [6, 6.07) is 0. The van der Waals surface area contributed by atoms with Crippen molar-refractivity contribution in [2.45, 2.75) is 38.1 Å². The lowest BCUT2D eigenvalue weighted by molar-refractivity contribution is -0.126. The third-order valence-electron chi connectivity index (χ3n) is 2.70. The van der Waals surface area contributed by atoms with Gasteiger partial charge in [0.15, 0.2) is 0 Å². The van der Waals surface area contributed by atoms with Crippen molar-refractivity contribution < 1.29 is 14.6 Å². The summed E-state index contributed by atoms with van der Waals surface area (Å²) in [5.41, 5.74) is -0.316. The first-order valence-corrected chi connectivity index (χ1v) is 5.22. The van der Waals surface area contributed by atoms with Gasteiger partial charge in [0.25, 0.3) is 0 Å². The molecule has 1 rings (SSSR count). The molecule has 0 spiro atoms. The van der Waals surface area contributed by atoms with E-state index >= 15 is 0 Å².